The van der Waals surface area contributed by atoms with Gasteiger partial charge in [-0.1, -0.05) is 6.08 Å². The van der Waals surface area contributed by atoms with Gasteiger partial charge in [-0.3, -0.25) is 4.90 Å². The second-order valence-corrected chi connectivity index (χ2v) is 4.40. The molecule has 14 heavy (non-hydrogen) atoms. The van der Waals surface area contributed by atoms with Crippen molar-refractivity contribution in [2.75, 3.05) is 40.3 Å². The van der Waals surface area contributed by atoms with Gasteiger partial charge in [0.1, 0.15) is 0 Å². The van der Waals surface area contributed by atoms with Gasteiger partial charge in [0.25, 0.3) is 0 Å². The fourth-order valence-corrected chi connectivity index (χ4v) is 2.18. The third-order valence-corrected chi connectivity index (χ3v) is 3.26. The summed E-state index contributed by atoms with van der Waals surface area (Å²) in [6.07, 6.45) is 4.18. The molecule has 0 amide bonds. The van der Waals surface area contributed by atoms with Gasteiger partial charge in [-0.25, -0.2) is 0 Å². The third kappa shape index (κ3) is 2.35. The molecule has 1 atom stereocenters. The van der Waals surface area contributed by atoms with Gasteiger partial charge < -0.3 is 10.0 Å². The highest BCUT2D eigenvalue weighted by molar-refractivity contribution is 4.95. The summed E-state index contributed by atoms with van der Waals surface area (Å²) >= 11 is 0. The van der Waals surface area contributed by atoms with Gasteiger partial charge in [0.05, 0.1) is 12.1 Å². The molecule has 1 fully saturated rings. The molecule has 0 aromatic rings. The fourth-order valence-electron chi connectivity index (χ4n) is 2.18. The van der Waals surface area contributed by atoms with E-state index in [4.69, 9.17) is 0 Å². The third-order valence-electron chi connectivity index (χ3n) is 3.26. The lowest BCUT2D eigenvalue weighted by atomic mass is 9.88. The Labute approximate surface area is 87.0 Å². The molecule has 0 spiro atoms. The van der Waals surface area contributed by atoms with E-state index < -0.39 is 0 Å². The van der Waals surface area contributed by atoms with E-state index in [1.54, 1.807) is 0 Å². The summed E-state index contributed by atoms with van der Waals surface area (Å²) in [5, 5.41) is 9.50. The van der Waals surface area contributed by atoms with Crippen LogP contribution >= 0.6 is 0 Å². The molecule has 0 bridgehead atoms. The first kappa shape index (κ1) is 11.7. The number of hydrogen-bond acceptors (Lipinski definition) is 3. The molecule has 0 saturated carbocycles. The maximum atomic E-state index is 9.50. The predicted octanol–water partition coefficient (Wildman–Crippen LogP) is 0.561. The van der Waals surface area contributed by atoms with Gasteiger partial charge in [-0.05, 0) is 33.5 Å². The quantitative estimate of drug-likeness (QED) is 0.669. The summed E-state index contributed by atoms with van der Waals surface area (Å²) in [7, 11) is 4.10. The number of aliphatic hydroxyl groups is 1. The van der Waals surface area contributed by atoms with Crippen molar-refractivity contribution in [3.8, 4) is 0 Å². The molecule has 1 rings (SSSR count). The maximum Gasteiger partial charge on any atom is 0.0627 e. The first-order valence-corrected chi connectivity index (χ1v) is 5.26. The molecule has 3 heteroatoms. The molecular weight excluding hydrogens is 176 g/mol. The Kier molecular flexibility index (Phi) is 4.11. The minimum absolute atomic E-state index is 0.0404. The first-order chi connectivity index (χ1) is 6.64. The van der Waals surface area contributed by atoms with Gasteiger partial charge in [0.15, 0.2) is 0 Å². The summed E-state index contributed by atoms with van der Waals surface area (Å²) in [6.45, 7) is 7.00. The fraction of sp³-hybridized carbons (Fsp3) is 0.818. The number of piperidine rings is 1. The minimum Gasteiger partial charge on any atom is -0.394 e. The van der Waals surface area contributed by atoms with Crippen molar-refractivity contribution in [2.24, 2.45) is 0 Å². The molecule has 1 N–H and O–H groups in total. The van der Waals surface area contributed by atoms with Crippen LogP contribution in [0.3, 0.4) is 0 Å². The van der Waals surface area contributed by atoms with Crippen LogP contribution in [0.25, 0.3) is 0 Å². The molecule has 3 nitrogen and oxygen atoms in total. The molecule has 1 aliphatic rings. The second kappa shape index (κ2) is 4.91. The van der Waals surface area contributed by atoms with E-state index in [0.29, 0.717) is 0 Å². The monoisotopic (exact) mass is 198 g/mol. The molecule has 1 aliphatic heterocycles. The zero-order chi connectivity index (χ0) is 10.6. The smallest absolute Gasteiger partial charge is 0.0627 e. The normalized spacial score (nSPS) is 29.4. The Bertz CT molecular complexity index is 194. The highest BCUT2D eigenvalue weighted by atomic mass is 16.3. The van der Waals surface area contributed by atoms with Crippen LogP contribution in [0.15, 0.2) is 12.7 Å². The zero-order valence-corrected chi connectivity index (χ0v) is 9.37. The molecule has 82 valence electrons. The van der Waals surface area contributed by atoms with Gasteiger partial charge in [0.2, 0.25) is 0 Å². The minimum atomic E-state index is -0.0404. The van der Waals surface area contributed by atoms with E-state index in [9.17, 15) is 5.11 Å². The number of likely N-dealkylation sites (N-methyl/N-ethyl adjacent to an activating group) is 1. The molecule has 0 radical (unpaired) electrons. The molecular formula is C11H22N2O. The van der Waals surface area contributed by atoms with Crippen LogP contribution < -0.4 is 0 Å². The largest absolute Gasteiger partial charge is 0.394 e. The van der Waals surface area contributed by atoms with E-state index in [2.05, 4.69) is 16.4 Å². The molecule has 0 aliphatic carbocycles. The van der Waals surface area contributed by atoms with Crippen LogP contribution in [-0.4, -0.2) is 60.8 Å². The van der Waals surface area contributed by atoms with Gasteiger partial charge in [0, 0.05) is 13.1 Å². The van der Waals surface area contributed by atoms with Crippen molar-refractivity contribution in [1.82, 2.24) is 9.80 Å². The van der Waals surface area contributed by atoms with Crippen molar-refractivity contribution < 1.29 is 5.11 Å². The zero-order valence-electron chi connectivity index (χ0n) is 9.37. The van der Waals surface area contributed by atoms with Gasteiger partial charge in [-0.2, -0.15) is 0 Å². The molecule has 0 aromatic carbocycles. The Balaban J connectivity index is 2.63. The van der Waals surface area contributed by atoms with Crippen molar-refractivity contribution in [3.05, 3.63) is 12.7 Å². The highest BCUT2D eigenvalue weighted by Gasteiger charge is 2.36. The van der Waals surface area contributed by atoms with E-state index in [-0.39, 0.29) is 12.1 Å². The standard InChI is InChI=1S/C11H22N2O/c1-4-7-13-8-5-6-11(9-13,10-14)12(2)3/h4,14H,1,5-10H2,2-3H3. The topological polar surface area (TPSA) is 26.7 Å². The summed E-state index contributed by atoms with van der Waals surface area (Å²) in [5.74, 6) is 0. The Morgan fingerprint density at radius 3 is 2.79 bits per heavy atom. The second-order valence-electron chi connectivity index (χ2n) is 4.40. The van der Waals surface area contributed by atoms with Crippen molar-refractivity contribution in [1.29, 1.82) is 0 Å². The highest BCUT2D eigenvalue weighted by Crippen LogP contribution is 2.25. The predicted molar refractivity (Wildman–Crippen MR) is 59.4 cm³/mol. The molecule has 0 aromatic heterocycles. The van der Waals surface area contributed by atoms with E-state index in [1.165, 1.54) is 0 Å². The van der Waals surface area contributed by atoms with E-state index in [1.807, 2.05) is 20.2 Å². The van der Waals surface area contributed by atoms with Crippen LogP contribution in [0.5, 0.6) is 0 Å². The lowest BCUT2D eigenvalue weighted by molar-refractivity contribution is 0.00359. The summed E-state index contributed by atoms with van der Waals surface area (Å²) in [6, 6.07) is 0. The summed E-state index contributed by atoms with van der Waals surface area (Å²) < 4.78 is 0. The molecule has 1 heterocycles. The lowest BCUT2D eigenvalue weighted by Gasteiger charge is -2.45. The molecule has 1 saturated heterocycles. The van der Waals surface area contributed by atoms with Crippen LogP contribution in [0.4, 0.5) is 0 Å². The van der Waals surface area contributed by atoms with Crippen molar-refractivity contribution in [2.45, 2.75) is 18.4 Å². The van der Waals surface area contributed by atoms with Crippen LogP contribution in [0.2, 0.25) is 0 Å². The SMILES string of the molecule is C=CCN1CCCC(CO)(N(C)C)C1. The Hall–Kier alpha value is -0.380. The summed E-state index contributed by atoms with van der Waals surface area (Å²) in [4.78, 5) is 4.51. The number of likely N-dealkylation sites (tertiary alicyclic amines) is 1. The Morgan fingerprint density at radius 2 is 2.29 bits per heavy atom. The lowest BCUT2D eigenvalue weighted by Crippen LogP contribution is -2.58. The number of aliphatic hydroxyl groups excluding tert-OH is 1. The van der Waals surface area contributed by atoms with Crippen molar-refractivity contribution >= 4 is 0 Å². The van der Waals surface area contributed by atoms with Crippen LogP contribution in [0, 0.1) is 0 Å². The van der Waals surface area contributed by atoms with Crippen LogP contribution in [0.1, 0.15) is 12.8 Å². The average molecular weight is 198 g/mol. The number of rotatable bonds is 4. The van der Waals surface area contributed by atoms with Gasteiger partial charge >= 0.3 is 0 Å². The summed E-state index contributed by atoms with van der Waals surface area (Å²) in [5.41, 5.74) is -0.0404. The van der Waals surface area contributed by atoms with Crippen LogP contribution in [-0.2, 0) is 0 Å². The Morgan fingerprint density at radius 1 is 1.57 bits per heavy atom. The maximum absolute atomic E-state index is 9.50. The average Bonchev–Trinajstić information content (AvgIpc) is 2.18. The van der Waals surface area contributed by atoms with Gasteiger partial charge in [-0.15, -0.1) is 6.58 Å². The van der Waals surface area contributed by atoms with Crippen molar-refractivity contribution in [3.63, 3.8) is 0 Å². The molecule has 1 unspecified atom stereocenters. The number of nitrogens with zero attached hydrogens (tertiary/aromatic N) is 2. The first-order valence-electron chi connectivity index (χ1n) is 5.26. The van der Waals surface area contributed by atoms with E-state index in [0.717, 1.165) is 32.5 Å². The number of hydrogen-bond donors (Lipinski definition) is 1. The van der Waals surface area contributed by atoms with E-state index >= 15 is 0 Å².